The predicted molar refractivity (Wildman–Crippen MR) is 101 cm³/mol. The Morgan fingerprint density at radius 1 is 1.20 bits per heavy atom. The van der Waals surface area contributed by atoms with Gasteiger partial charge in [0.2, 0.25) is 0 Å². The number of carbonyl (C=O) groups is 1. The summed E-state index contributed by atoms with van der Waals surface area (Å²) in [5, 5.41) is 5.93. The van der Waals surface area contributed by atoms with E-state index in [9.17, 15) is 4.79 Å². The fourth-order valence-corrected chi connectivity index (χ4v) is 3.27. The lowest BCUT2D eigenvalue weighted by atomic mass is 10.1. The largest absolute Gasteiger partial charge is 0.497 e. The quantitative estimate of drug-likeness (QED) is 0.727. The average Bonchev–Trinajstić information content (AvgIpc) is 3.11. The molecule has 3 rings (SSSR count). The van der Waals surface area contributed by atoms with Gasteiger partial charge in [0.05, 0.1) is 12.8 Å². The van der Waals surface area contributed by atoms with Gasteiger partial charge in [0, 0.05) is 29.5 Å². The van der Waals surface area contributed by atoms with E-state index in [0.717, 1.165) is 27.6 Å². The van der Waals surface area contributed by atoms with Crippen molar-refractivity contribution in [3.8, 4) is 16.3 Å². The Balaban J connectivity index is 1.56. The van der Waals surface area contributed by atoms with E-state index in [0.29, 0.717) is 18.5 Å². The van der Waals surface area contributed by atoms with E-state index < -0.39 is 0 Å². The third kappa shape index (κ3) is 4.45. The van der Waals surface area contributed by atoms with Crippen molar-refractivity contribution in [3.05, 3.63) is 70.7 Å². The Bertz CT molecular complexity index is 856. The molecule has 128 valence electrons. The molecule has 0 saturated carbocycles. The van der Waals surface area contributed by atoms with Gasteiger partial charge in [0.15, 0.2) is 0 Å². The fraction of sp³-hybridized carbons (Fsp3) is 0.200. The number of nitrogens with zero attached hydrogens (tertiary/aromatic N) is 1. The molecule has 0 unspecified atom stereocenters. The summed E-state index contributed by atoms with van der Waals surface area (Å²) in [5.41, 5.74) is 3.84. The number of methoxy groups -OCH3 is 1. The number of rotatable bonds is 6. The smallest absolute Gasteiger partial charge is 0.251 e. The van der Waals surface area contributed by atoms with E-state index in [-0.39, 0.29) is 5.91 Å². The van der Waals surface area contributed by atoms with Crippen LogP contribution in [0, 0.1) is 6.92 Å². The lowest BCUT2D eigenvalue weighted by Gasteiger charge is -2.04. The zero-order valence-corrected chi connectivity index (χ0v) is 15.1. The van der Waals surface area contributed by atoms with Crippen LogP contribution in [0.5, 0.6) is 5.75 Å². The normalized spacial score (nSPS) is 10.5. The molecule has 1 heterocycles. The predicted octanol–water partition coefficient (Wildman–Crippen LogP) is 4.10. The molecule has 0 aliphatic carbocycles. The van der Waals surface area contributed by atoms with Crippen LogP contribution in [0.15, 0.2) is 53.9 Å². The Hall–Kier alpha value is -2.66. The van der Waals surface area contributed by atoms with Gasteiger partial charge < -0.3 is 10.1 Å². The molecule has 0 radical (unpaired) electrons. The van der Waals surface area contributed by atoms with Crippen molar-refractivity contribution in [2.45, 2.75) is 13.3 Å². The van der Waals surface area contributed by atoms with E-state index in [4.69, 9.17) is 4.74 Å². The van der Waals surface area contributed by atoms with Gasteiger partial charge in [-0.1, -0.05) is 29.8 Å². The number of aryl methyl sites for hydroxylation is 1. The van der Waals surface area contributed by atoms with Crippen LogP contribution in [-0.4, -0.2) is 24.5 Å². The van der Waals surface area contributed by atoms with Crippen LogP contribution >= 0.6 is 11.3 Å². The van der Waals surface area contributed by atoms with Gasteiger partial charge in [0.25, 0.3) is 5.91 Å². The summed E-state index contributed by atoms with van der Waals surface area (Å²) in [7, 11) is 1.66. The maximum atomic E-state index is 12.1. The topological polar surface area (TPSA) is 51.2 Å². The van der Waals surface area contributed by atoms with Crippen molar-refractivity contribution in [2.75, 3.05) is 13.7 Å². The van der Waals surface area contributed by atoms with Gasteiger partial charge in [0.1, 0.15) is 10.8 Å². The van der Waals surface area contributed by atoms with Crippen LogP contribution < -0.4 is 10.1 Å². The van der Waals surface area contributed by atoms with Crippen LogP contribution in [0.1, 0.15) is 21.6 Å². The molecule has 4 nitrogen and oxygen atoms in total. The molecular formula is C20H20N2O2S. The van der Waals surface area contributed by atoms with Crippen molar-refractivity contribution in [3.63, 3.8) is 0 Å². The van der Waals surface area contributed by atoms with E-state index >= 15 is 0 Å². The number of aromatic nitrogens is 1. The standard InChI is InChI=1S/C20H20N2O2S/c1-14-6-8-15(9-7-14)19(23)21-11-10-17-13-25-20(22-17)16-4-3-5-18(12-16)24-2/h3-9,12-13H,10-11H2,1-2H3,(H,21,23). The number of benzene rings is 2. The summed E-state index contributed by atoms with van der Waals surface area (Å²) in [6.45, 7) is 2.57. The minimum Gasteiger partial charge on any atom is -0.497 e. The second-order valence-corrected chi connectivity index (χ2v) is 6.61. The second kappa shape index (κ2) is 7.94. The highest BCUT2D eigenvalue weighted by Gasteiger charge is 2.08. The van der Waals surface area contributed by atoms with Crippen molar-refractivity contribution in [1.82, 2.24) is 10.3 Å². The average molecular weight is 352 g/mol. The van der Waals surface area contributed by atoms with Gasteiger partial charge in [-0.05, 0) is 31.2 Å². The SMILES string of the molecule is COc1cccc(-c2nc(CCNC(=O)c3ccc(C)cc3)cs2)c1. The highest BCUT2D eigenvalue weighted by atomic mass is 32.1. The van der Waals surface area contributed by atoms with Gasteiger partial charge >= 0.3 is 0 Å². The lowest BCUT2D eigenvalue weighted by molar-refractivity contribution is 0.0954. The van der Waals surface area contributed by atoms with Gasteiger partial charge in [-0.3, -0.25) is 4.79 Å². The molecule has 3 aromatic rings. The van der Waals surface area contributed by atoms with Crippen LogP contribution in [0.4, 0.5) is 0 Å². The third-order valence-corrected chi connectivity index (χ3v) is 4.79. The van der Waals surface area contributed by atoms with Gasteiger partial charge in [-0.2, -0.15) is 0 Å². The summed E-state index contributed by atoms with van der Waals surface area (Å²) in [6.07, 6.45) is 0.706. The van der Waals surface area contributed by atoms with Crippen LogP contribution in [0.25, 0.3) is 10.6 Å². The Labute approximate surface area is 151 Å². The number of nitrogens with one attached hydrogen (secondary N) is 1. The van der Waals surface area contributed by atoms with Crippen LogP contribution in [-0.2, 0) is 6.42 Å². The number of ether oxygens (including phenoxy) is 1. The minimum atomic E-state index is -0.0525. The van der Waals surface area contributed by atoms with Crippen molar-refractivity contribution < 1.29 is 9.53 Å². The molecule has 0 fully saturated rings. The van der Waals surface area contributed by atoms with Crippen LogP contribution in [0.3, 0.4) is 0 Å². The second-order valence-electron chi connectivity index (χ2n) is 5.75. The van der Waals surface area contributed by atoms with Crippen molar-refractivity contribution in [2.24, 2.45) is 0 Å². The molecule has 25 heavy (non-hydrogen) atoms. The summed E-state index contributed by atoms with van der Waals surface area (Å²) in [5.74, 6) is 0.767. The van der Waals surface area contributed by atoms with Gasteiger partial charge in [-0.25, -0.2) is 4.98 Å². The maximum absolute atomic E-state index is 12.1. The molecule has 1 amide bonds. The first-order valence-corrected chi connectivity index (χ1v) is 8.97. The number of carbonyl (C=O) groups excluding carboxylic acids is 1. The highest BCUT2D eigenvalue weighted by molar-refractivity contribution is 7.13. The highest BCUT2D eigenvalue weighted by Crippen LogP contribution is 2.26. The monoisotopic (exact) mass is 352 g/mol. The summed E-state index contributed by atoms with van der Waals surface area (Å²) in [6, 6.07) is 15.4. The molecule has 0 atom stereocenters. The molecule has 1 N–H and O–H groups in total. The van der Waals surface area contributed by atoms with E-state index in [1.807, 2.05) is 60.8 Å². The molecule has 0 aliphatic heterocycles. The summed E-state index contributed by atoms with van der Waals surface area (Å²) in [4.78, 5) is 16.7. The number of amides is 1. The zero-order chi connectivity index (χ0) is 17.6. The molecule has 5 heteroatoms. The first-order chi connectivity index (χ1) is 12.2. The third-order valence-electron chi connectivity index (χ3n) is 3.85. The lowest BCUT2D eigenvalue weighted by Crippen LogP contribution is -2.25. The summed E-state index contributed by atoms with van der Waals surface area (Å²) >= 11 is 1.60. The number of hydrogen-bond acceptors (Lipinski definition) is 4. The van der Waals surface area contributed by atoms with Crippen LogP contribution in [0.2, 0.25) is 0 Å². The minimum absolute atomic E-state index is 0.0525. The first kappa shape index (κ1) is 17.2. The molecule has 0 saturated heterocycles. The van der Waals surface area contributed by atoms with E-state index in [1.54, 1.807) is 18.4 Å². The fourth-order valence-electron chi connectivity index (χ4n) is 2.42. The van der Waals surface area contributed by atoms with Crippen molar-refractivity contribution >= 4 is 17.2 Å². The van der Waals surface area contributed by atoms with E-state index in [2.05, 4.69) is 10.3 Å². The maximum Gasteiger partial charge on any atom is 0.251 e. The Morgan fingerprint density at radius 3 is 2.76 bits per heavy atom. The molecule has 2 aromatic carbocycles. The Kier molecular flexibility index (Phi) is 5.46. The molecule has 0 bridgehead atoms. The van der Waals surface area contributed by atoms with Gasteiger partial charge in [-0.15, -0.1) is 11.3 Å². The van der Waals surface area contributed by atoms with E-state index in [1.165, 1.54) is 0 Å². The Morgan fingerprint density at radius 2 is 2.00 bits per heavy atom. The number of hydrogen-bond donors (Lipinski definition) is 1. The molecular weight excluding hydrogens is 332 g/mol. The zero-order valence-electron chi connectivity index (χ0n) is 14.3. The molecule has 1 aromatic heterocycles. The summed E-state index contributed by atoms with van der Waals surface area (Å²) < 4.78 is 5.25. The molecule has 0 aliphatic rings. The first-order valence-electron chi connectivity index (χ1n) is 8.09. The number of thiazole rings is 1. The van der Waals surface area contributed by atoms with Crippen molar-refractivity contribution in [1.29, 1.82) is 0 Å². The molecule has 0 spiro atoms.